The number of nitrogens with zero attached hydrogens (tertiary/aromatic N) is 5. The van der Waals surface area contributed by atoms with Crippen LogP contribution in [0.2, 0.25) is 0 Å². The topological polar surface area (TPSA) is 85.6 Å². The van der Waals surface area contributed by atoms with Gasteiger partial charge in [0.15, 0.2) is 0 Å². The molecule has 1 aromatic carbocycles. The molecule has 0 aliphatic carbocycles. The van der Waals surface area contributed by atoms with Crippen LogP contribution in [0, 0.1) is 0 Å². The van der Waals surface area contributed by atoms with Crippen LogP contribution in [0.15, 0.2) is 36.9 Å². The quantitative estimate of drug-likeness (QED) is 0.773. The zero-order chi connectivity index (χ0) is 15.4. The number of carbonyl (C=O) groups excluding carboxylic acids is 1. The minimum atomic E-state index is -0.150. The highest BCUT2D eigenvalue weighted by atomic mass is 32.1. The zero-order valence-electron chi connectivity index (χ0n) is 11.9. The van der Waals surface area contributed by atoms with Gasteiger partial charge in [-0.2, -0.15) is 0 Å². The molecule has 3 rings (SSSR count). The lowest BCUT2D eigenvalue weighted by Crippen LogP contribution is -2.22. The molecule has 0 spiro atoms. The summed E-state index contributed by atoms with van der Waals surface area (Å²) in [5.74, 6) is -0.150. The molecule has 3 aromatic rings. The van der Waals surface area contributed by atoms with Crippen molar-refractivity contribution in [1.29, 1.82) is 0 Å². The van der Waals surface area contributed by atoms with Crippen molar-refractivity contribution in [3.63, 3.8) is 0 Å². The number of rotatable bonds is 5. The number of hydrogen-bond acceptors (Lipinski definition) is 6. The predicted octanol–water partition coefficient (Wildman–Crippen LogP) is 1.61. The number of carbonyl (C=O) groups is 1. The Morgan fingerprint density at radius 3 is 2.73 bits per heavy atom. The maximum absolute atomic E-state index is 12.2. The van der Waals surface area contributed by atoms with E-state index in [0.29, 0.717) is 12.1 Å². The Hall–Kier alpha value is -2.61. The fraction of sp³-hybridized carbons (Fsp3) is 0.214. The zero-order valence-corrected chi connectivity index (χ0v) is 12.7. The van der Waals surface area contributed by atoms with Gasteiger partial charge in [0.2, 0.25) is 0 Å². The smallest absolute Gasteiger partial charge is 0.251 e. The van der Waals surface area contributed by atoms with Crippen LogP contribution in [-0.4, -0.2) is 30.9 Å². The van der Waals surface area contributed by atoms with E-state index in [1.54, 1.807) is 29.4 Å². The van der Waals surface area contributed by atoms with Gasteiger partial charge in [0.25, 0.3) is 5.91 Å². The number of nitrogens with one attached hydrogen (secondary N) is 1. The average Bonchev–Trinajstić information content (AvgIpc) is 3.24. The molecule has 2 heterocycles. The second kappa shape index (κ2) is 6.44. The Bertz CT molecular complexity index is 767. The predicted molar refractivity (Wildman–Crippen MR) is 81.8 cm³/mol. The van der Waals surface area contributed by atoms with Crippen LogP contribution in [0.4, 0.5) is 0 Å². The molecule has 112 valence electrons. The number of amides is 1. The molecule has 7 nitrogen and oxygen atoms in total. The first kappa shape index (κ1) is 14.3. The SMILES string of the molecule is CCc1nnc(CNC(=O)c2cccc(-n3cnnc3)c2)s1. The summed E-state index contributed by atoms with van der Waals surface area (Å²) in [5, 5.41) is 20.2. The largest absolute Gasteiger partial charge is 0.345 e. The molecule has 1 N–H and O–H groups in total. The number of aromatic nitrogens is 5. The standard InChI is InChI=1S/C14H14N6OS/c1-2-12-18-19-13(22-12)7-15-14(21)10-4-3-5-11(6-10)20-8-16-17-9-20/h3-6,8-9H,2,7H2,1H3,(H,15,21). The van der Waals surface area contributed by atoms with Gasteiger partial charge in [0.05, 0.1) is 6.54 Å². The van der Waals surface area contributed by atoms with Crippen LogP contribution < -0.4 is 5.32 Å². The summed E-state index contributed by atoms with van der Waals surface area (Å²) in [6.07, 6.45) is 4.03. The van der Waals surface area contributed by atoms with Crippen molar-refractivity contribution in [3.8, 4) is 5.69 Å². The fourth-order valence-electron chi connectivity index (χ4n) is 1.90. The summed E-state index contributed by atoms with van der Waals surface area (Å²) in [6, 6.07) is 7.26. The minimum Gasteiger partial charge on any atom is -0.345 e. The highest BCUT2D eigenvalue weighted by Crippen LogP contribution is 2.12. The van der Waals surface area contributed by atoms with Gasteiger partial charge in [0, 0.05) is 11.3 Å². The molecule has 22 heavy (non-hydrogen) atoms. The molecular weight excluding hydrogens is 300 g/mol. The van der Waals surface area contributed by atoms with Crippen LogP contribution in [0.25, 0.3) is 5.69 Å². The Balaban J connectivity index is 1.68. The van der Waals surface area contributed by atoms with Gasteiger partial charge in [-0.1, -0.05) is 24.3 Å². The maximum Gasteiger partial charge on any atom is 0.251 e. The molecule has 2 aromatic heterocycles. The highest BCUT2D eigenvalue weighted by Gasteiger charge is 2.09. The van der Waals surface area contributed by atoms with Crippen LogP contribution >= 0.6 is 11.3 Å². The molecule has 0 unspecified atom stereocenters. The third-order valence-electron chi connectivity index (χ3n) is 3.04. The molecule has 0 bridgehead atoms. The highest BCUT2D eigenvalue weighted by molar-refractivity contribution is 7.11. The summed E-state index contributed by atoms with van der Waals surface area (Å²) >= 11 is 1.51. The van der Waals surface area contributed by atoms with Crippen LogP contribution in [0.1, 0.15) is 27.3 Å². The summed E-state index contributed by atoms with van der Waals surface area (Å²) in [7, 11) is 0. The van der Waals surface area contributed by atoms with Crippen molar-refractivity contribution >= 4 is 17.2 Å². The normalized spacial score (nSPS) is 10.6. The van der Waals surface area contributed by atoms with E-state index in [1.165, 1.54) is 11.3 Å². The Kier molecular flexibility index (Phi) is 4.19. The van der Waals surface area contributed by atoms with E-state index in [4.69, 9.17) is 0 Å². The minimum absolute atomic E-state index is 0.150. The average molecular weight is 314 g/mol. The lowest BCUT2D eigenvalue weighted by atomic mass is 10.2. The summed E-state index contributed by atoms with van der Waals surface area (Å²) < 4.78 is 1.75. The van der Waals surface area contributed by atoms with Crippen molar-refractivity contribution < 1.29 is 4.79 Å². The van der Waals surface area contributed by atoms with Crippen LogP contribution in [0.3, 0.4) is 0 Å². The van der Waals surface area contributed by atoms with Crippen molar-refractivity contribution in [2.24, 2.45) is 0 Å². The summed E-state index contributed by atoms with van der Waals surface area (Å²) in [6.45, 7) is 2.41. The third-order valence-corrected chi connectivity index (χ3v) is 4.10. The van der Waals surface area contributed by atoms with E-state index >= 15 is 0 Å². The van der Waals surface area contributed by atoms with Crippen molar-refractivity contribution in [3.05, 3.63) is 52.5 Å². The molecule has 0 radical (unpaired) electrons. The van der Waals surface area contributed by atoms with Crippen molar-refractivity contribution in [2.75, 3.05) is 0 Å². The Labute approximate surface area is 131 Å². The van der Waals surface area contributed by atoms with Gasteiger partial charge >= 0.3 is 0 Å². The van der Waals surface area contributed by atoms with Crippen LogP contribution in [0.5, 0.6) is 0 Å². The molecule has 8 heteroatoms. The lowest BCUT2D eigenvalue weighted by Gasteiger charge is -2.06. The van der Waals surface area contributed by atoms with E-state index in [0.717, 1.165) is 22.1 Å². The third kappa shape index (κ3) is 3.17. The lowest BCUT2D eigenvalue weighted by molar-refractivity contribution is 0.0951. The molecule has 0 saturated carbocycles. The molecule has 0 saturated heterocycles. The molecular formula is C14H14N6OS. The summed E-state index contributed by atoms with van der Waals surface area (Å²) in [5.41, 5.74) is 1.41. The molecule has 0 fully saturated rings. The molecule has 1 amide bonds. The first-order chi connectivity index (χ1) is 10.8. The maximum atomic E-state index is 12.2. The molecule has 0 aliphatic rings. The van der Waals surface area contributed by atoms with Crippen molar-refractivity contribution in [2.45, 2.75) is 19.9 Å². The van der Waals surface area contributed by atoms with E-state index in [1.807, 2.05) is 19.1 Å². The second-order valence-electron chi connectivity index (χ2n) is 4.55. The number of hydrogen-bond donors (Lipinski definition) is 1. The fourth-order valence-corrected chi connectivity index (χ4v) is 2.63. The second-order valence-corrected chi connectivity index (χ2v) is 5.69. The monoisotopic (exact) mass is 314 g/mol. The van der Waals surface area contributed by atoms with E-state index in [9.17, 15) is 4.79 Å². The first-order valence-corrected chi connectivity index (χ1v) is 7.62. The molecule has 0 atom stereocenters. The van der Waals surface area contributed by atoms with Gasteiger partial charge in [-0.3, -0.25) is 9.36 Å². The first-order valence-electron chi connectivity index (χ1n) is 6.81. The van der Waals surface area contributed by atoms with E-state index in [2.05, 4.69) is 25.7 Å². The Morgan fingerprint density at radius 2 is 2.00 bits per heavy atom. The van der Waals surface area contributed by atoms with Gasteiger partial charge < -0.3 is 5.32 Å². The number of benzene rings is 1. The summed E-state index contributed by atoms with van der Waals surface area (Å²) in [4.78, 5) is 12.2. The van der Waals surface area contributed by atoms with Crippen molar-refractivity contribution in [1.82, 2.24) is 30.3 Å². The van der Waals surface area contributed by atoms with E-state index in [-0.39, 0.29) is 5.91 Å². The van der Waals surface area contributed by atoms with Crippen LogP contribution in [-0.2, 0) is 13.0 Å². The van der Waals surface area contributed by atoms with Gasteiger partial charge in [0.1, 0.15) is 22.7 Å². The van der Waals surface area contributed by atoms with Gasteiger partial charge in [-0.05, 0) is 24.6 Å². The van der Waals surface area contributed by atoms with Gasteiger partial charge in [-0.25, -0.2) is 0 Å². The number of aryl methyl sites for hydroxylation is 1. The molecule has 0 aliphatic heterocycles. The van der Waals surface area contributed by atoms with Gasteiger partial charge in [-0.15, -0.1) is 20.4 Å². The van der Waals surface area contributed by atoms with E-state index < -0.39 is 0 Å². The Morgan fingerprint density at radius 1 is 1.23 bits per heavy atom.